The van der Waals surface area contributed by atoms with Gasteiger partial charge in [0.05, 0.1) is 23.1 Å². The first kappa shape index (κ1) is 24.6. The Morgan fingerprint density at radius 1 is 1.03 bits per heavy atom. The summed E-state index contributed by atoms with van der Waals surface area (Å²) in [6.07, 6.45) is -2.57. The summed E-state index contributed by atoms with van der Waals surface area (Å²) in [4.78, 5) is 4.58. The molecule has 1 unspecified atom stereocenters. The van der Waals surface area contributed by atoms with Crippen LogP contribution >= 0.6 is 0 Å². The van der Waals surface area contributed by atoms with Gasteiger partial charge < -0.3 is 19.7 Å². The lowest BCUT2D eigenvalue weighted by molar-refractivity contribution is -0.139. The maximum absolute atomic E-state index is 14.0. The average Bonchev–Trinajstić information content (AvgIpc) is 3.33. The van der Waals surface area contributed by atoms with E-state index in [-0.39, 0.29) is 30.6 Å². The first-order chi connectivity index (χ1) is 17.8. The number of imidazole rings is 1. The summed E-state index contributed by atoms with van der Waals surface area (Å²) in [6, 6.07) is 21.2. The minimum atomic E-state index is -4.60. The molecule has 0 fully saturated rings. The SMILES string of the molecule is C=C(O)CC1NCCn2cc(-c3ccc(OCc4ccc(-c5ccccc5)cc4)c(C(F)(F)F)c3)nc21. The van der Waals surface area contributed by atoms with Crippen LogP contribution in [0, 0.1) is 0 Å². The smallest absolute Gasteiger partial charge is 0.419 e. The number of hydrogen-bond acceptors (Lipinski definition) is 4. The van der Waals surface area contributed by atoms with Crippen LogP contribution in [0.25, 0.3) is 22.4 Å². The molecule has 0 amide bonds. The number of aliphatic hydroxyl groups excluding tert-OH is 1. The number of fused-ring (bicyclic) bond motifs is 1. The van der Waals surface area contributed by atoms with Gasteiger partial charge in [0.15, 0.2) is 0 Å². The molecule has 0 spiro atoms. The van der Waals surface area contributed by atoms with E-state index in [0.29, 0.717) is 30.2 Å². The van der Waals surface area contributed by atoms with E-state index in [1.807, 2.05) is 59.2 Å². The molecule has 5 nitrogen and oxygen atoms in total. The third kappa shape index (κ3) is 5.54. The van der Waals surface area contributed by atoms with Crippen LogP contribution in [0.3, 0.4) is 0 Å². The van der Waals surface area contributed by atoms with Gasteiger partial charge in [0, 0.05) is 31.3 Å². The number of nitrogens with one attached hydrogen (secondary N) is 1. The van der Waals surface area contributed by atoms with E-state index in [1.165, 1.54) is 6.07 Å². The largest absolute Gasteiger partial charge is 0.513 e. The molecule has 0 saturated carbocycles. The van der Waals surface area contributed by atoms with Gasteiger partial charge >= 0.3 is 6.18 Å². The summed E-state index contributed by atoms with van der Waals surface area (Å²) in [6.45, 7) is 4.83. The number of nitrogens with zero attached hydrogens (tertiary/aromatic N) is 2. The third-order valence-corrected chi connectivity index (χ3v) is 6.34. The highest BCUT2D eigenvalue weighted by Crippen LogP contribution is 2.39. The number of halogens is 3. The fourth-order valence-corrected chi connectivity index (χ4v) is 4.50. The molecule has 37 heavy (non-hydrogen) atoms. The Kier molecular flexibility index (Phi) is 6.76. The molecule has 3 aromatic carbocycles. The molecule has 5 rings (SSSR count). The first-order valence-corrected chi connectivity index (χ1v) is 11.9. The highest BCUT2D eigenvalue weighted by Gasteiger charge is 2.35. The topological polar surface area (TPSA) is 59.3 Å². The van der Waals surface area contributed by atoms with Crippen molar-refractivity contribution in [3.63, 3.8) is 0 Å². The van der Waals surface area contributed by atoms with Crippen molar-refractivity contribution >= 4 is 0 Å². The van der Waals surface area contributed by atoms with Gasteiger partial charge in [0.2, 0.25) is 0 Å². The molecule has 1 atom stereocenters. The minimum absolute atomic E-state index is 0.00860. The Labute approximate surface area is 212 Å². The molecule has 2 heterocycles. The van der Waals surface area contributed by atoms with E-state index in [2.05, 4.69) is 16.9 Å². The number of aromatic nitrogens is 2. The predicted molar refractivity (Wildman–Crippen MR) is 136 cm³/mol. The Bertz CT molecular complexity index is 1400. The van der Waals surface area contributed by atoms with Crippen molar-refractivity contribution in [2.24, 2.45) is 0 Å². The molecule has 4 aromatic rings. The van der Waals surface area contributed by atoms with Crippen molar-refractivity contribution in [1.82, 2.24) is 14.9 Å². The van der Waals surface area contributed by atoms with E-state index in [0.717, 1.165) is 22.8 Å². The number of ether oxygens (including phenoxy) is 1. The summed E-state index contributed by atoms with van der Waals surface area (Å²) in [5.41, 5.74) is 2.77. The van der Waals surface area contributed by atoms with E-state index < -0.39 is 11.7 Å². The molecule has 0 saturated heterocycles. The lowest BCUT2D eigenvalue weighted by Gasteiger charge is -2.24. The monoisotopic (exact) mass is 505 g/mol. The fourth-order valence-electron chi connectivity index (χ4n) is 4.50. The van der Waals surface area contributed by atoms with Crippen LogP contribution in [0.2, 0.25) is 0 Å². The van der Waals surface area contributed by atoms with Gasteiger partial charge in [-0.2, -0.15) is 13.2 Å². The Balaban J connectivity index is 1.37. The van der Waals surface area contributed by atoms with Crippen LogP contribution in [0.1, 0.15) is 29.4 Å². The second-order valence-corrected chi connectivity index (χ2v) is 9.02. The number of rotatable bonds is 7. The minimum Gasteiger partial charge on any atom is -0.513 e. The number of alkyl halides is 3. The van der Waals surface area contributed by atoms with E-state index >= 15 is 0 Å². The van der Waals surface area contributed by atoms with Crippen LogP contribution in [0.4, 0.5) is 13.2 Å². The van der Waals surface area contributed by atoms with Crippen LogP contribution < -0.4 is 10.1 Å². The predicted octanol–water partition coefficient (Wildman–Crippen LogP) is 6.92. The van der Waals surface area contributed by atoms with E-state index in [1.54, 1.807) is 12.3 Å². The normalized spacial score (nSPS) is 15.3. The zero-order valence-corrected chi connectivity index (χ0v) is 20.0. The van der Waals surface area contributed by atoms with E-state index in [9.17, 15) is 18.3 Å². The summed E-state index contributed by atoms with van der Waals surface area (Å²) < 4.78 is 49.5. The molecule has 0 radical (unpaired) electrons. The molecule has 1 aliphatic heterocycles. The Morgan fingerprint density at radius 2 is 1.73 bits per heavy atom. The van der Waals surface area contributed by atoms with Crippen LogP contribution in [0.15, 0.2) is 91.3 Å². The molecule has 0 aliphatic carbocycles. The van der Waals surface area contributed by atoms with Crippen molar-refractivity contribution in [3.05, 3.63) is 108 Å². The third-order valence-electron chi connectivity index (χ3n) is 6.34. The van der Waals surface area contributed by atoms with Crippen LogP contribution in [0.5, 0.6) is 5.75 Å². The highest BCUT2D eigenvalue weighted by molar-refractivity contribution is 5.64. The molecule has 1 aromatic heterocycles. The quantitative estimate of drug-likeness (QED) is 0.268. The maximum atomic E-state index is 14.0. The summed E-state index contributed by atoms with van der Waals surface area (Å²) in [5, 5.41) is 12.9. The Hall–Kier alpha value is -4.04. The standard InChI is InChI=1S/C29H26F3N3O2/c1-19(36)15-25-28-34-26(17-35(28)14-13-33-25)23-11-12-27(24(16-23)29(30,31)32)37-18-20-7-9-22(10-8-20)21-5-3-2-4-6-21/h2-12,16-17,25,33,36H,1,13-15,18H2. The summed E-state index contributed by atoms with van der Waals surface area (Å²) >= 11 is 0. The van der Waals surface area contributed by atoms with Crippen molar-refractivity contribution in [2.45, 2.75) is 31.8 Å². The number of aliphatic hydroxyl groups is 1. The van der Waals surface area contributed by atoms with Gasteiger partial charge in [-0.3, -0.25) is 0 Å². The second kappa shape index (κ2) is 10.1. The average molecular weight is 506 g/mol. The fraction of sp³-hybridized carbons (Fsp3) is 0.207. The Morgan fingerprint density at radius 3 is 2.43 bits per heavy atom. The zero-order chi connectivity index (χ0) is 26.0. The lowest BCUT2D eigenvalue weighted by Crippen LogP contribution is -2.33. The highest BCUT2D eigenvalue weighted by atomic mass is 19.4. The van der Waals surface area contributed by atoms with Crippen molar-refractivity contribution < 1.29 is 23.0 Å². The lowest BCUT2D eigenvalue weighted by atomic mass is 10.0. The van der Waals surface area contributed by atoms with Gasteiger partial charge in [-0.15, -0.1) is 0 Å². The van der Waals surface area contributed by atoms with Crippen molar-refractivity contribution in [2.75, 3.05) is 6.54 Å². The number of hydrogen-bond donors (Lipinski definition) is 2. The summed E-state index contributed by atoms with van der Waals surface area (Å²) in [5.74, 6) is 0.443. The van der Waals surface area contributed by atoms with Gasteiger partial charge in [0.1, 0.15) is 18.2 Å². The first-order valence-electron chi connectivity index (χ1n) is 11.9. The molecule has 1 aliphatic rings. The van der Waals surface area contributed by atoms with Crippen LogP contribution in [-0.4, -0.2) is 21.2 Å². The molecular weight excluding hydrogens is 479 g/mol. The second-order valence-electron chi connectivity index (χ2n) is 9.02. The number of benzene rings is 3. The summed E-state index contributed by atoms with van der Waals surface area (Å²) in [7, 11) is 0. The van der Waals surface area contributed by atoms with Gasteiger partial charge in [-0.05, 0) is 34.9 Å². The molecule has 8 heteroatoms. The maximum Gasteiger partial charge on any atom is 0.419 e. The zero-order valence-electron chi connectivity index (χ0n) is 20.0. The van der Waals surface area contributed by atoms with Gasteiger partial charge in [-0.1, -0.05) is 61.2 Å². The molecule has 0 bridgehead atoms. The van der Waals surface area contributed by atoms with Crippen LogP contribution in [-0.2, 0) is 19.3 Å². The van der Waals surface area contributed by atoms with E-state index in [4.69, 9.17) is 4.74 Å². The molecule has 190 valence electrons. The molecular formula is C29H26F3N3O2. The van der Waals surface area contributed by atoms with Gasteiger partial charge in [0.25, 0.3) is 0 Å². The molecule has 2 N–H and O–H groups in total. The van der Waals surface area contributed by atoms with Crippen molar-refractivity contribution in [3.8, 4) is 28.1 Å². The van der Waals surface area contributed by atoms with Crippen molar-refractivity contribution in [1.29, 1.82) is 0 Å². The van der Waals surface area contributed by atoms with Gasteiger partial charge in [-0.25, -0.2) is 4.98 Å².